The standard InChI is InChI=1S/C21H27NO6/c1-26-20(24)16-9-17(21(25)27-2)11-18(10-16)28-13-19(23)22-8-7-14-5-3-4-6-15(14)12-22/h9-11,14-15H,3-8,12-13H2,1-2H3/t14-,15-/m0/s1. The number of benzene rings is 1. The maximum Gasteiger partial charge on any atom is 0.338 e. The van der Waals surface area contributed by atoms with Gasteiger partial charge in [-0.1, -0.05) is 19.3 Å². The summed E-state index contributed by atoms with van der Waals surface area (Å²) in [6.45, 7) is 1.42. The molecule has 1 aliphatic carbocycles. The van der Waals surface area contributed by atoms with E-state index in [1.807, 2.05) is 4.90 Å². The van der Waals surface area contributed by atoms with Crippen LogP contribution in [-0.2, 0) is 14.3 Å². The molecule has 0 aromatic heterocycles. The van der Waals surface area contributed by atoms with Gasteiger partial charge in [0, 0.05) is 13.1 Å². The lowest BCUT2D eigenvalue weighted by Gasteiger charge is -2.41. The van der Waals surface area contributed by atoms with Gasteiger partial charge in [-0.25, -0.2) is 9.59 Å². The molecule has 1 saturated carbocycles. The number of esters is 2. The van der Waals surface area contributed by atoms with Crippen LogP contribution in [0.4, 0.5) is 0 Å². The Morgan fingerprint density at radius 1 is 0.929 bits per heavy atom. The van der Waals surface area contributed by atoms with E-state index in [-0.39, 0.29) is 29.4 Å². The van der Waals surface area contributed by atoms with Gasteiger partial charge >= 0.3 is 11.9 Å². The van der Waals surface area contributed by atoms with Crippen LogP contribution in [0.5, 0.6) is 5.75 Å². The van der Waals surface area contributed by atoms with Crippen molar-refractivity contribution in [1.29, 1.82) is 0 Å². The number of nitrogens with zero attached hydrogens (tertiary/aromatic N) is 1. The number of methoxy groups -OCH3 is 2. The Balaban J connectivity index is 1.65. The normalized spacial score (nSPS) is 21.4. The second kappa shape index (κ2) is 9.08. The molecule has 0 unspecified atom stereocenters. The van der Waals surface area contributed by atoms with Crippen molar-refractivity contribution in [1.82, 2.24) is 4.90 Å². The average Bonchev–Trinajstić information content (AvgIpc) is 2.75. The Hall–Kier alpha value is -2.57. The molecular weight excluding hydrogens is 362 g/mol. The van der Waals surface area contributed by atoms with E-state index in [2.05, 4.69) is 0 Å². The topological polar surface area (TPSA) is 82.1 Å². The average molecular weight is 389 g/mol. The van der Waals surface area contributed by atoms with Crippen LogP contribution in [-0.4, -0.2) is 56.7 Å². The molecule has 0 N–H and O–H groups in total. The fraction of sp³-hybridized carbons (Fsp3) is 0.571. The number of hydrogen-bond acceptors (Lipinski definition) is 6. The SMILES string of the molecule is COC(=O)c1cc(OCC(=O)N2CC[C@@H]3CCCC[C@H]3C2)cc(C(=O)OC)c1. The largest absolute Gasteiger partial charge is 0.484 e. The lowest BCUT2D eigenvalue weighted by molar-refractivity contribution is -0.136. The van der Waals surface area contributed by atoms with E-state index in [9.17, 15) is 14.4 Å². The number of likely N-dealkylation sites (tertiary alicyclic amines) is 1. The first-order valence-corrected chi connectivity index (χ1v) is 9.74. The van der Waals surface area contributed by atoms with Crippen LogP contribution in [0.1, 0.15) is 52.8 Å². The zero-order valence-corrected chi connectivity index (χ0v) is 16.4. The highest BCUT2D eigenvalue weighted by Crippen LogP contribution is 2.36. The Bertz CT molecular complexity index is 712. The fourth-order valence-electron chi connectivity index (χ4n) is 4.22. The van der Waals surface area contributed by atoms with E-state index in [0.29, 0.717) is 5.92 Å². The van der Waals surface area contributed by atoms with Gasteiger partial charge in [0.1, 0.15) is 5.75 Å². The molecule has 1 heterocycles. The van der Waals surface area contributed by atoms with Crippen LogP contribution in [0, 0.1) is 11.8 Å². The predicted octanol–water partition coefficient (Wildman–Crippen LogP) is 2.68. The maximum absolute atomic E-state index is 12.6. The van der Waals surface area contributed by atoms with Gasteiger partial charge in [0.15, 0.2) is 6.61 Å². The molecule has 152 valence electrons. The number of ether oxygens (including phenoxy) is 3. The Labute approximate surface area is 164 Å². The van der Waals surface area contributed by atoms with E-state index in [1.54, 1.807) is 0 Å². The molecule has 28 heavy (non-hydrogen) atoms. The molecular formula is C21H27NO6. The summed E-state index contributed by atoms with van der Waals surface area (Å²) in [4.78, 5) is 38.2. The van der Waals surface area contributed by atoms with Crippen molar-refractivity contribution in [2.75, 3.05) is 33.9 Å². The third kappa shape index (κ3) is 4.64. The van der Waals surface area contributed by atoms with Crippen molar-refractivity contribution in [3.05, 3.63) is 29.3 Å². The first-order chi connectivity index (χ1) is 13.5. The molecule has 0 radical (unpaired) electrons. The molecule has 1 amide bonds. The molecule has 0 spiro atoms. The molecule has 7 nitrogen and oxygen atoms in total. The predicted molar refractivity (Wildman–Crippen MR) is 101 cm³/mol. The number of amides is 1. The number of fused-ring (bicyclic) bond motifs is 1. The van der Waals surface area contributed by atoms with E-state index in [0.717, 1.165) is 25.4 Å². The fourth-order valence-corrected chi connectivity index (χ4v) is 4.22. The third-order valence-corrected chi connectivity index (χ3v) is 5.75. The molecule has 1 saturated heterocycles. The Kier molecular flexibility index (Phi) is 6.54. The highest BCUT2D eigenvalue weighted by molar-refractivity contribution is 5.96. The summed E-state index contributed by atoms with van der Waals surface area (Å²) < 4.78 is 15.0. The molecule has 3 rings (SSSR count). The minimum absolute atomic E-state index is 0.0767. The summed E-state index contributed by atoms with van der Waals surface area (Å²) in [5, 5.41) is 0. The zero-order valence-electron chi connectivity index (χ0n) is 16.4. The van der Waals surface area contributed by atoms with Crippen LogP contribution >= 0.6 is 0 Å². The first kappa shape index (κ1) is 20.2. The van der Waals surface area contributed by atoms with Crippen molar-refractivity contribution in [3.63, 3.8) is 0 Å². The summed E-state index contributed by atoms with van der Waals surface area (Å²) in [5.41, 5.74) is 0.326. The van der Waals surface area contributed by atoms with Crippen molar-refractivity contribution < 1.29 is 28.6 Å². The van der Waals surface area contributed by atoms with Gasteiger partial charge in [-0.05, 0) is 42.9 Å². The van der Waals surface area contributed by atoms with Crippen molar-refractivity contribution in [3.8, 4) is 5.75 Å². The number of piperidine rings is 1. The van der Waals surface area contributed by atoms with Gasteiger partial charge in [-0.2, -0.15) is 0 Å². The van der Waals surface area contributed by atoms with E-state index in [4.69, 9.17) is 14.2 Å². The molecule has 2 fully saturated rings. The highest BCUT2D eigenvalue weighted by atomic mass is 16.5. The van der Waals surface area contributed by atoms with E-state index in [1.165, 1.54) is 58.1 Å². The monoisotopic (exact) mass is 389 g/mol. The van der Waals surface area contributed by atoms with Gasteiger partial charge in [0.05, 0.1) is 25.3 Å². The number of carbonyl (C=O) groups is 3. The molecule has 1 aromatic rings. The Morgan fingerprint density at radius 2 is 1.54 bits per heavy atom. The number of carbonyl (C=O) groups excluding carboxylic acids is 3. The molecule has 1 aromatic carbocycles. The lowest BCUT2D eigenvalue weighted by Crippen LogP contribution is -2.46. The van der Waals surface area contributed by atoms with Gasteiger partial charge in [-0.15, -0.1) is 0 Å². The van der Waals surface area contributed by atoms with Gasteiger partial charge in [0.2, 0.25) is 0 Å². The van der Waals surface area contributed by atoms with Crippen molar-refractivity contribution >= 4 is 17.8 Å². The van der Waals surface area contributed by atoms with Crippen LogP contribution in [0.3, 0.4) is 0 Å². The first-order valence-electron chi connectivity index (χ1n) is 9.74. The molecule has 1 aliphatic heterocycles. The molecule has 2 aliphatic rings. The van der Waals surface area contributed by atoms with Gasteiger partial charge in [-0.3, -0.25) is 4.79 Å². The second-order valence-electron chi connectivity index (χ2n) is 7.45. The van der Waals surface area contributed by atoms with Crippen LogP contribution in [0.25, 0.3) is 0 Å². The Morgan fingerprint density at radius 3 is 2.14 bits per heavy atom. The van der Waals surface area contributed by atoms with Crippen molar-refractivity contribution in [2.45, 2.75) is 32.1 Å². The third-order valence-electron chi connectivity index (χ3n) is 5.75. The summed E-state index contributed by atoms with van der Waals surface area (Å²) in [7, 11) is 2.51. The molecule has 7 heteroatoms. The minimum Gasteiger partial charge on any atom is -0.484 e. The number of hydrogen-bond donors (Lipinski definition) is 0. The zero-order chi connectivity index (χ0) is 20.1. The van der Waals surface area contributed by atoms with Gasteiger partial charge < -0.3 is 19.1 Å². The smallest absolute Gasteiger partial charge is 0.338 e. The second-order valence-corrected chi connectivity index (χ2v) is 7.45. The molecule has 0 bridgehead atoms. The molecule has 2 atom stereocenters. The summed E-state index contributed by atoms with van der Waals surface area (Å²) in [6, 6.07) is 4.29. The minimum atomic E-state index is -0.596. The maximum atomic E-state index is 12.6. The van der Waals surface area contributed by atoms with Crippen molar-refractivity contribution in [2.24, 2.45) is 11.8 Å². The van der Waals surface area contributed by atoms with Crippen LogP contribution in [0.15, 0.2) is 18.2 Å². The summed E-state index contributed by atoms with van der Waals surface area (Å²) >= 11 is 0. The van der Waals surface area contributed by atoms with Gasteiger partial charge in [0.25, 0.3) is 5.91 Å². The van der Waals surface area contributed by atoms with E-state index >= 15 is 0 Å². The van der Waals surface area contributed by atoms with E-state index < -0.39 is 11.9 Å². The summed E-state index contributed by atoms with van der Waals surface area (Å²) in [5.74, 6) is 0.331. The van der Waals surface area contributed by atoms with Crippen LogP contribution in [0.2, 0.25) is 0 Å². The quantitative estimate of drug-likeness (QED) is 0.720. The lowest BCUT2D eigenvalue weighted by atomic mass is 9.75. The summed E-state index contributed by atoms with van der Waals surface area (Å²) in [6.07, 6.45) is 6.08. The van der Waals surface area contributed by atoms with Crippen LogP contribution < -0.4 is 4.74 Å². The highest BCUT2D eigenvalue weighted by Gasteiger charge is 2.33. The number of rotatable bonds is 5.